The van der Waals surface area contributed by atoms with Crippen LogP contribution in [0.15, 0.2) is 43.0 Å². The Hall–Kier alpha value is -1.83. The molecule has 1 fully saturated rings. The van der Waals surface area contributed by atoms with Crippen molar-refractivity contribution in [2.45, 2.75) is 12.8 Å². The van der Waals surface area contributed by atoms with E-state index in [1.165, 1.54) is 18.5 Å². The standard InChI is InChI=1S/C15H17NO/c1-2-5-14(12-17)13-6-8-15(9-7-13)16-10-3-4-11-16/h2,5-9,12H,1,3-4,10-11H2/b14-5-. The van der Waals surface area contributed by atoms with Crippen LogP contribution in [0.5, 0.6) is 0 Å². The van der Waals surface area contributed by atoms with Crippen LogP contribution >= 0.6 is 0 Å². The second-order valence-electron chi connectivity index (χ2n) is 4.22. The predicted molar refractivity (Wildman–Crippen MR) is 72.1 cm³/mol. The van der Waals surface area contributed by atoms with Crippen LogP contribution in [-0.2, 0) is 4.79 Å². The first-order valence-electron chi connectivity index (χ1n) is 5.98. The number of carbonyl (C=O) groups is 1. The van der Waals surface area contributed by atoms with E-state index in [4.69, 9.17) is 0 Å². The van der Waals surface area contributed by atoms with Crippen molar-refractivity contribution >= 4 is 17.5 Å². The van der Waals surface area contributed by atoms with Gasteiger partial charge in [-0.25, -0.2) is 0 Å². The molecule has 1 heterocycles. The van der Waals surface area contributed by atoms with Crippen LogP contribution in [0, 0.1) is 0 Å². The highest BCUT2D eigenvalue weighted by atomic mass is 16.1. The normalized spacial score (nSPS) is 16.0. The fourth-order valence-electron chi connectivity index (χ4n) is 2.17. The quantitative estimate of drug-likeness (QED) is 0.447. The number of allylic oxidation sites excluding steroid dienone is 3. The van der Waals surface area contributed by atoms with Crippen molar-refractivity contribution in [2.24, 2.45) is 0 Å². The molecule has 0 radical (unpaired) electrons. The maximum atomic E-state index is 10.9. The average molecular weight is 227 g/mol. The van der Waals surface area contributed by atoms with Crippen molar-refractivity contribution in [1.29, 1.82) is 0 Å². The van der Waals surface area contributed by atoms with Crippen LogP contribution in [0.3, 0.4) is 0 Å². The zero-order chi connectivity index (χ0) is 12.1. The predicted octanol–water partition coefficient (Wildman–Crippen LogP) is 3.06. The van der Waals surface area contributed by atoms with E-state index in [1.807, 2.05) is 12.1 Å². The summed E-state index contributed by atoms with van der Waals surface area (Å²) in [6.07, 6.45) is 6.79. The Labute approximate surface area is 102 Å². The van der Waals surface area contributed by atoms with Gasteiger partial charge in [-0.1, -0.05) is 30.9 Å². The van der Waals surface area contributed by atoms with Gasteiger partial charge in [-0.2, -0.15) is 0 Å². The molecule has 0 atom stereocenters. The Morgan fingerprint density at radius 2 is 1.82 bits per heavy atom. The molecule has 0 saturated carbocycles. The molecular weight excluding hydrogens is 210 g/mol. The summed E-state index contributed by atoms with van der Waals surface area (Å²) in [7, 11) is 0. The van der Waals surface area contributed by atoms with Crippen LogP contribution in [0.25, 0.3) is 5.57 Å². The molecule has 2 heteroatoms. The fourth-order valence-corrected chi connectivity index (χ4v) is 2.17. The van der Waals surface area contributed by atoms with Crippen molar-refractivity contribution in [3.63, 3.8) is 0 Å². The topological polar surface area (TPSA) is 20.3 Å². The number of anilines is 1. The van der Waals surface area contributed by atoms with Crippen LogP contribution in [-0.4, -0.2) is 19.4 Å². The first kappa shape index (κ1) is 11.6. The second kappa shape index (κ2) is 5.48. The Bertz CT molecular complexity index is 425. The van der Waals surface area contributed by atoms with Crippen molar-refractivity contribution in [3.05, 3.63) is 48.6 Å². The molecule has 1 aromatic rings. The number of rotatable bonds is 4. The Morgan fingerprint density at radius 1 is 1.18 bits per heavy atom. The zero-order valence-electron chi connectivity index (χ0n) is 9.93. The van der Waals surface area contributed by atoms with Crippen LogP contribution in [0.1, 0.15) is 18.4 Å². The molecule has 17 heavy (non-hydrogen) atoms. The smallest absolute Gasteiger partial charge is 0.150 e. The molecule has 1 aromatic carbocycles. The zero-order valence-corrected chi connectivity index (χ0v) is 9.93. The number of aldehydes is 1. The lowest BCUT2D eigenvalue weighted by molar-refractivity contribution is -0.103. The molecule has 0 N–H and O–H groups in total. The monoisotopic (exact) mass is 227 g/mol. The molecule has 0 unspecified atom stereocenters. The summed E-state index contributed by atoms with van der Waals surface area (Å²) in [5, 5.41) is 0. The molecule has 1 saturated heterocycles. The van der Waals surface area contributed by atoms with E-state index in [0.717, 1.165) is 24.9 Å². The number of hydrogen-bond donors (Lipinski definition) is 0. The van der Waals surface area contributed by atoms with Gasteiger partial charge in [0.15, 0.2) is 6.29 Å². The Morgan fingerprint density at radius 3 is 2.35 bits per heavy atom. The summed E-state index contributed by atoms with van der Waals surface area (Å²) in [6.45, 7) is 5.89. The number of benzene rings is 1. The molecule has 88 valence electrons. The van der Waals surface area contributed by atoms with E-state index in [-0.39, 0.29) is 0 Å². The van der Waals surface area contributed by atoms with Gasteiger partial charge in [-0.3, -0.25) is 4.79 Å². The molecule has 2 nitrogen and oxygen atoms in total. The lowest BCUT2D eigenvalue weighted by Gasteiger charge is -2.17. The third kappa shape index (κ3) is 2.64. The molecule has 2 rings (SSSR count). The van der Waals surface area contributed by atoms with Crippen molar-refractivity contribution in [3.8, 4) is 0 Å². The minimum Gasteiger partial charge on any atom is -0.372 e. The minimum atomic E-state index is 0.674. The summed E-state index contributed by atoms with van der Waals surface area (Å²) in [4.78, 5) is 13.3. The van der Waals surface area contributed by atoms with E-state index in [9.17, 15) is 4.79 Å². The van der Waals surface area contributed by atoms with Gasteiger partial charge >= 0.3 is 0 Å². The third-order valence-corrected chi connectivity index (χ3v) is 3.10. The summed E-state index contributed by atoms with van der Waals surface area (Å²) < 4.78 is 0. The average Bonchev–Trinajstić information content (AvgIpc) is 2.90. The van der Waals surface area contributed by atoms with E-state index >= 15 is 0 Å². The van der Waals surface area contributed by atoms with Gasteiger partial charge in [0.05, 0.1) is 0 Å². The first-order chi connectivity index (χ1) is 8.35. The summed E-state index contributed by atoms with van der Waals surface area (Å²) in [6, 6.07) is 8.16. The van der Waals surface area contributed by atoms with Gasteiger partial charge in [-0.15, -0.1) is 0 Å². The van der Waals surface area contributed by atoms with E-state index in [0.29, 0.717) is 5.57 Å². The SMILES string of the molecule is C=C/C=C(/C=O)c1ccc(N2CCCC2)cc1. The summed E-state index contributed by atoms with van der Waals surface area (Å²) in [5.41, 5.74) is 2.87. The molecule has 1 aliphatic rings. The van der Waals surface area contributed by atoms with Gasteiger partial charge < -0.3 is 4.90 Å². The highest BCUT2D eigenvalue weighted by Crippen LogP contribution is 2.22. The largest absolute Gasteiger partial charge is 0.372 e. The Balaban J connectivity index is 2.19. The Kier molecular flexibility index (Phi) is 3.76. The highest BCUT2D eigenvalue weighted by Gasteiger charge is 2.11. The lowest BCUT2D eigenvalue weighted by atomic mass is 10.1. The van der Waals surface area contributed by atoms with E-state index < -0.39 is 0 Å². The number of hydrogen-bond acceptors (Lipinski definition) is 2. The van der Waals surface area contributed by atoms with Crippen molar-refractivity contribution in [2.75, 3.05) is 18.0 Å². The lowest BCUT2D eigenvalue weighted by Crippen LogP contribution is -2.17. The first-order valence-corrected chi connectivity index (χ1v) is 5.98. The van der Waals surface area contributed by atoms with Gasteiger partial charge in [0.1, 0.15) is 0 Å². The van der Waals surface area contributed by atoms with Crippen LogP contribution in [0.4, 0.5) is 5.69 Å². The maximum absolute atomic E-state index is 10.9. The maximum Gasteiger partial charge on any atom is 0.150 e. The molecule has 0 aromatic heterocycles. The molecule has 1 aliphatic heterocycles. The third-order valence-electron chi connectivity index (χ3n) is 3.10. The van der Waals surface area contributed by atoms with Crippen molar-refractivity contribution in [1.82, 2.24) is 0 Å². The summed E-state index contributed by atoms with van der Waals surface area (Å²) >= 11 is 0. The fraction of sp³-hybridized carbons (Fsp3) is 0.267. The van der Waals surface area contributed by atoms with Gasteiger partial charge in [0.25, 0.3) is 0 Å². The molecule has 0 spiro atoms. The molecule has 0 aliphatic carbocycles. The number of nitrogens with zero attached hydrogens (tertiary/aromatic N) is 1. The van der Waals surface area contributed by atoms with Crippen LogP contribution < -0.4 is 4.90 Å². The number of carbonyl (C=O) groups excluding carboxylic acids is 1. The highest BCUT2D eigenvalue weighted by molar-refractivity contribution is 6.07. The van der Waals surface area contributed by atoms with Gasteiger partial charge in [-0.05, 0) is 30.5 Å². The van der Waals surface area contributed by atoms with Gasteiger partial charge in [0.2, 0.25) is 0 Å². The van der Waals surface area contributed by atoms with Crippen molar-refractivity contribution < 1.29 is 4.79 Å². The van der Waals surface area contributed by atoms with E-state index in [2.05, 4.69) is 23.6 Å². The van der Waals surface area contributed by atoms with E-state index in [1.54, 1.807) is 12.2 Å². The van der Waals surface area contributed by atoms with Gasteiger partial charge in [0, 0.05) is 24.4 Å². The second-order valence-corrected chi connectivity index (χ2v) is 4.22. The van der Waals surface area contributed by atoms with Crippen LogP contribution in [0.2, 0.25) is 0 Å². The minimum absolute atomic E-state index is 0.674. The molecule has 0 bridgehead atoms. The molecular formula is C15H17NO. The molecule has 0 amide bonds. The summed E-state index contributed by atoms with van der Waals surface area (Å²) in [5.74, 6) is 0.